The van der Waals surface area contributed by atoms with Crippen molar-refractivity contribution in [2.24, 2.45) is 0 Å². The summed E-state index contributed by atoms with van der Waals surface area (Å²) in [5, 5.41) is 3.56. The first-order chi connectivity index (χ1) is 13.0. The third kappa shape index (κ3) is 5.14. The second-order valence-corrected chi connectivity index (χ2v) is 7.28. The number of hydrogen-bond donors (Lipinski definition) is 1. The largest absolute Gasteiger partial charge is 0.345 e. The van der Waals surface area contributed by atoms with E-state index in [9.17, 15) is 9.59 Å². The molecule has 138 valence electrons. The number of fused-ring (bicyclic) bond motifs is 1. The lowest BCUT2D eigenvalue weighted by Gasteiger charge is -2.16. The number of thioether (sulfide) groups is 1. The Kier molecular flexibility index (Phi) is 6.19. The fraction of sp³-hybridized carbons (Fsp3) is 0.238. The third-order valence-corrected chi connectivity index (χ3v) is 5.22. The van der Waals surface area contributed by atoms with Gasteiger partial charge in [0.15, 0.2) is 5.78 Å². The van der Waals surface area contributed by atoms with Crippen LogP contribution in [0, 0.1) is 6.92 Å². The summed E-state index contributed by atoms with van der Waals surface area (Å²) in [6.45, 7) is 3.38. The Bertz CT molecular complexity index is 960. The quantitative estimate of drug-likeness (QED) is 0.638. The average Bonchev–Trinajstić information content (AvgIpc) is 2.66. The van der Waals surface area contributed by atoms with Crippen LogP contribution in [-0.4, -0.2) is 33.5 Å². The van der Waals surface area contributed by atoms with Gasteiger partial charge in [-0.3, -0.25) is 9.59 Å². The minimum absolute atomic E-state index is 0.0566. The summed E-state index contributed by atoms with van der Waals surface area (Å²) in [6, 6.07) is 16.8. The maximum Gasteiger partial charge on any atom is 0.231 e. The van der Waals surface area contributed by atoms with Crippen molar-refractivity contribution in [1.29, 1.82) is 0 Å². The molecule has 0 aliphatic rings. The summed E-state index contributed by atoms with van der Waals surface area (Å²) in [4.78, 5) is 33.4. The molecule has 1 amide bonds. The summed E-state index contributed by atoms with van der Waals surface area (Å²) in [5.41, 5.74) is 3.45. The zero-order valence-electron chi connectivity index (χ0n) is 15.3. The van der Waals surface area contributed by atoms with Crippen LogP contribution < -0.4 is 5.32 Å². The van der Waals surface area contributed by atoms with E-state index in [-0.39, 0.29) is 17.4 Å². The summed E-state index contributed by atoms with van der Waals surface area (Å²) < 4.78 is 0. The zero-order chi connectivity index (χ0) is 19.2. The van der Waals surface area contributed by atoms with Crippen molar-refractivity contribution < 1.29 is 9.59 Å². The van der Waals surface area contributed by atoms with E-state index in [2.05, 4.69) is 15.3 Å². The number of aromatic nitrogens is 2. The van der Waals surface area contributed by atoms with Crippen molar-refractivity contribution in [3.8, 4) is 0 Å². The number of hydrogen-bond acceptors (Lipinski definition) is 5. The van der Waals surface area contributed by atoms with E-state index >= 15 is 0 Å². The lowest BCUT2D eigenvalue weighted by atomic mass is 10.0. The molecule has 1 atom stereocenters. The fourth-order valence-corrected chi connectivity index (χ4v) is 3.49. The van der Waals surface area contributed by atoms with Crippen LogP contribution in [0.1, 0.15) is 18.2 Å². The van der Waals surface area contributed by atoms with Crippen LogP contribution in [0.4, 0.5) is 0 Å². The second-order valence-electron chi connectivity index (χ2n) is 6.31. The molecule has 1 unspecified atom stereocenters. The van der Waals surface area contributed by atoms with Gasteiger partial charge >= 0.3 is 0 Å². The van der Waals surface area contributed by atoms with E-state index < -0.39 is 6.04 Å². The van der Waals surface area contributed by atoms with Crippen LogP contribution in [0.5, 0.6) is 0 Å². The highest BCUT2D eigenvalue weighted by atomic mass is 32.2. The number of amides is 1. The first-order valence-corrected chi connectivity index (χ1v) is 9.71. The van der Waals surface area contributed by atoms with Crippen LogP contribution >= 0.6 is 11.8 Å². The van der Waals surface area contributed by atoms with Gasteiger partial charge in [-0.25, -0.2) is 9.97 Å². The first-order valence-electron chi connectivity index (χ1n) is 8.73. The van der Waals surface area contributed by atoms with Gasteiger partial charge in [0.05, 0.1) is 28.5 Å². The number of ketones is 1. The Labute approximate surface area is 162 Å². The standard InChI is InChI=1S/C21H21N3O2S/c1-14-21(24-18-11-7-6-10-17(18)22-14)27-13-20(26)23-19(15(2)25)12-16-8-4-3-5-9-16/h3-11,19H,12-13H2,1-2H3,(H,23,26). The van der Waals surface area contributed by atoms with Gasteiger partial charge in [-0.05, 0) is 38.0 Å². The molecular formula is C21H21N3O2S. The Hall–Kier alpha value is -2.73. The smallest absolute Gasteiger partial charge is 0.231 e. The third-order valence-electron chi connectivity index (χ3n) is 4.15. The topological polar surface area (TPSA) is 72.0 Å². The minimum atomic E-state index is -0.524. The molecule has 3 aromatic rings. The molecular weight excluding hydrogens is 358 g/mol. The fourth-order valence-electron chi connectivity index (χ4n) is 2.72. The predicted octanol–water partition coefficient (Wildman–Crippen LogP) is 3.35. The molecule has 1 aromatic heterocycles. The SMILES string of the molecule is CC(=O)C(Cc1ccccc1)NC(=O)CSc1nc2ccccc2nc1C. The lowest BCUT2D eigenvalue weighted by Crippen LogP contribution is -2.42. The molecule has 0 saturated carbocycles. The molecule has 0 fully saturated rings. The van der Waals surface area contributed by atoms with Gasteiger partial charge in [0, 0.05) is 0 Å². The van der Waals surface area contributed by atoms with Crippen molar-refractivity contribution in [3.63, 3.8) is 0 Å². The van der Waals surface area contributed by atoms with Crippen LogP contribution in [0.3, 0.4) is 0 Å². The van der Waals surface area contributed by atoms with Gasteiger partial charge in [-0.2, -0.15) is 0 Å². The van der Waals surface area contributed by atoms with Gasteiger partial charge in [-0.15, -0.1) is 0 Å². The van der Waals surface area contributed by atoms with Gasteiger partial charge in [-0.1, -0.05) is 54.2 Å². The van der Waals surface area contributed by atoms with Crippen LogP contribution in [0.2, 0.25) is 0 Å². The lowest BCUT2D eigenvalue weighted by molar-refractivity contribution is -0.125. The van der Waals surface area contributed by atoms with Crippen molar-refractivity contribution >= 4 is 34.5 Å². The van der Waals surface area contributed by atoms with Crippen LogP contribution in [-0.2, 0) is 16.0 Å². The molecule has 0 bridgehead atoms. The molecule has 3 rings (SSSR count). The van der Waals surface area contributed by atoms with E-state index in [1.54, 1.807) is 0 Å². The number of benzene rings is 2. The van der Waals surface area contributed by atoms with Gasteiger partial charge in [0.1, 0.15) is 5.03 Å². The maximum absolute atomic E-state index is 12.4. The number of rotatable bonds is 7. The van der Waals surface area contributed by atoms with Gasteiger partial charge < -0.3 is 5.32 Å². The van der Waals surface area contributed by atoms with Crippen molar-refractivity contribution in [1.82, 2.24) is 15.3 Å². The average molecular weight is 379 g/mol. The molecule has 27 heavy (non-hydrogen) atoms. The number of nitrogens with zero attached hydrogens (tertiary/aromatic N) is 2. The highest BCUT2D eigenvalue weighted by molar-refractivity contribution is 7.99. The van der Waals surface area contributed by atoms with Gasteiger partial charge in [0.2, 0.25) is 5.91 Å². The monoisotopic (exact) mass is 379 g/mol. The predicted molar refractivity (Wildman–Crippen MR) is 108 cm³/mol. The molecule has 5 nitrogen and oxygen atoms in total. The van der Waals surface area contributed by atoms with E-state index in [1.807, 2.05) is 61.5 Å². The second kappa shape index (κ2) is 8.77. The zero-order valence-corrected chi connectivity index (χ0v) is 16.1. The van der Waals surface area contributed by atoms with Gasteiger partial charge in [0.25, 0.3) is 0 Å². The minimum Gasteiger partial charge on any atom is -0.345 e. The molecule has 1 heterocycles. The molecule has 6 heteroatoms. The Morgan fingerprint density at radius 1 is 1.00 bits per heavy atom. The summed E-state index contributed by atoms with van der Waals surface area (Å²) >= 11 is 1.33. The van der Waals surface area contributed by atoms with Crippen LogP contribution in [0.15, 0.2) is 59.6 Å². The molecule has 0 aliphatic heterocycles. The van der Waals surface area contributed by atoms with E-state index in [0.29, 0.717) is 6.42 Å². The van der Waals surface area contributed by atoms with E-state index in [1.165, 1.54) is 18.7 Å². The molecule has 0 saturated heterocycles. The molecule has 0 aliphatic carbocycles. The Morgan fingerprint density at radius 2 is 1.63 bits per heavy atom. The Morgan fingerprint density at radius 3 is 2.30 bits per heavy atom. The molecule has 1 N–H and O–H groups in total. The summed E-state index contributed by atoms with van der Waals surface area (Å²) in [5.74, 6) is -0.0590. The summed E-state index contributed by atoms with van der Waals surface area (Å²) in [6.07, 6.45) is 0.487. The van der Waals surface area contributed by atoms with Crippen LogP contribution in [0.25, 0.3) is 11.0 Å². The number of Topliss-reactive ketones (excluding diaryl/α,β-unsaturated/α-hetero) is 1. The maximum atomic E-state index is 12.4. The number of aryl methyl sites for hydroxylation is 1. The normalized spacial score (nSPS) is 11.9. The van der Waals surface area contributed by atoms with Crippen molar-refractivity contribution in [2.75, 3.05) is 5.75 Å². The van der Waals surface area contributed by atoms with Crippen molar-refractivity contribution in [2.45, 2.75) is 31.3 Å². The number of carbonyl (C=O) groups excluding carboxylic acids is 2. The first kappa shape index (κ1) is 19.0. The molecule has 0 spiro atoms. The van der Waals surface area contributed by atoms with Crippen molar-refractivity contribution in [3.05, 3.63) is 65.9 Å². The number of nitrogens with one attached hydrogen (secondary N) is 1. The highest BCUT2D eigenvalue weighted by Crippen LogP contribution is 2.21. The Balaban J connectivity index is 1.62. The van der Waals surface area contributed by atoms with E-state index in [4.69, 9.17) is 0 Å². The van der Waals surface area contributed by atoms with E-state index in [0.717, 1.165) is 27.3 Å². The molecule has 2 aromatic carbocycles. The molecule has 0 radical (unpaired) electrons. The summed E-state index contributed by atoms with van der Waals surface area (Å²) in [7, 11) is 0. The number of para-hydroxylation sites is 2. The number of carbonyl (C=O) groups is 2. The highest BCUT2D eigenvalue weighted by Gasteiger charge is 2.18.